The van der Waals surface area contributed by atoms with Crippen molar-refractivity contribution in [1.29, 1.82) is 0 Å². The van der Waals surface area contributed by atoms with Gasteiger partial charge in [-0.1, -0.05) is 44.2 Å². The van der Waals surface area contributed by atoms with Gasteiger partial charge in [-0.25, -0.2) is 0 Å². The average Bonchev–Trinajstić information content (AvgIpc) is 2.92. The van der Waals surface area contributed by atoms with Crippen molar-refractivity contribution in [2.24, 2.45) is 11.8 Å². The highest BCUT2D eigenvalue weighted by Gasteiger charge is 2.17. The summed E-state index contributed by atoms with van der Waals surface area (Å²) in [5.41, 5.74) is 1.45. The summed E-state index contributed by atoms with van der Waals surface area (Å²) >= 11 is 0. The van der Waals surface area contributed by atoms with E-state index in [-0.39, 0.29) is 0 Å². The minimum Gasteiger partial charge on any atom is -0.381 e. The Labute approximate surface area is 117 Å². The Morgan fingerprint density at radius 3 is 2.68 bits per heavy atom. The second kappa shape index (κ2) is 7.66. The van der Waals surface area contributed by atoms with Crippen LogP contribution in [-0.4, -0.2) is 26.3 Å². The van der Waals surface area contributed by atoms with E-state index in [2.05, 4.69) is 49.5 Å². The van der Waals surface area contributed by atoms with Crippen LogP contribution in [0.25, 0.3) is 0 Å². The fourth-order valence-electron chi connectivity index (χ4n) is 2.81. The lowest BCUT2D eigenvalue weighted by molar-refractivity contribution is 0.184. The van der Waals surface area contributed by atoms with Crippen LogP contribution in [0.1, 0.15) is 38.2 Å². The molecular weight excluding hydrogens is 234 g/mol. The molecule has 0 radical (unpaired) electrons. The molecule has 106 valence electrons. The molecule has 1 aliphatic rings. The van der Waals surface area contributed by atoms with Crippen molar-refractivity contribution in [2.75, 3.05) is 26.3 Å². The minimum atomic E-state index is 0.612. The molecule has 1 aliphatic heterocycles. The Bertz CT molecular complexity index is 344. The summed E-state index contributed by atoms with van der Waals surface area (Å²) in [6.45, 7) is 8.74. The van der Waals surface area contributed by atoms with E-state index < -0.39 is 0 Å². The predicted molar refractivity (Wildman–Crippen MR) is 80.4 cm³/mol. The first-order valence-electron chi connectivity index (χ1n) is 7.60. The van der Waals surface area contributed by atoms with Gasteiger partial charge in [-0.05, 0) is 42.7 Å². The highest BCUT2D eigenvalue weighted by Crippen LogP contribution is 2.23. The second-order valence-electron chi connectivity index (χ2n) is 5.98. The first kappa shape index (κ1) is 14.5. The van der Waals surface area contributed by atoms with Crippen molar-refractivity contribution >= 4 is 0 Å². The maximum atomic E-state index is 5.42. The van der Waals surface area contributed by atoms with Crippen molar-refractivity contribution in [3.8, 4) is 0 Å². The van der Waals surface area contributed by atoms with E-state index in [9.17, 15) is 0 Å². The minimum absolute atomic E-state index is 0.612. The first-order chi connectivity index (χ1) is 9.27. The second-order valence-corrected chi connectivity index (χ2v) is 5.98. The molecule has 0 amide bonds. The molecule has 2 unspecified atom stereocenters. The van der Waals surface area contributed by atoms with Crippen molar-refractivity contribution in [3.05, 3.63) is 35.9 Å². The molecule has 0 bridgehead atoms. The van der Waals surface area contributed by atoms with Gasteiger partial charge in [0.2, 0.25) is 0 Å². The summed E-state index contributed by atoms with van der Waals surface area (Å²) in [5, 5.41) is 3.64. The first-order valence-corrected chi connectivity index (χ1v) is 7.60. The molecule has 1 fully saturated rings. The van der Waals surface area contributed by atoms with Crippen LogP contribution in [0, 0.1) is 11.8 Å². The maximum absolute atomic E-state index is 5.42. The lowest BCUT2D eigenvalue weighted by Gasteiger charge is -2.22. The Morgan fingerprint density at radius 1 is 1.26 bits per heavy atom. The number of benzene rings is 1. The Balaban J connectivity index is 1.74. The molecule has 1 aromatic rings. The number of ether oxygens (including phenoxy) is 1. The van der Waals surface area contributed by atoms with Gasteiger partial charge >= 0.3 is 0 Å². The Hall–Kier alpha value is -0.860. The number of rotatable bonds is 7. The third kappa shape index (κ3) is 4.63. The van der Waals surface area contributed by atoms with Gasteiger partial charge in [-0.3, -0.25) is 0 Å². The zero-order valence-electron chi connectivity index (χ0n) is 12.3. The van der Waals surface area contributed by atoms with E-state index in [0.717, 1.165) is 32.2 Å². The normalized spacial score (nSPS) is 20.9. The summed E-state index contributed by atoms with van der Waals surface area (Å²) in [6, 6.07) is 10.9. The summed E-state index contributed by atoms with van der Waals surface area (Å²) < 4.78 is 5.42. The van der Waals surface area contributed by atoms with E-state index >= 15 is 0 Å². The molecule has 19 heavy (non-hydrogen) atoms. The molecule has 2 nitrogen and oxygen atoms in total. The van der Waals surface area contributed by atoms with E-state index in [1.165, 1.54) is 18.4 Å². The molecule has 0 spiro atoms. The summed E-state index contributed by atoms with van der Waals surface area (Å²) in [7, 11) is 0. The van der Waals surface area contributed by atoms with Crippen LogP contribution >= 0.6 is 0 Å². The molecule has 1 heterocycles. The Morgan fingerprint density at radius 2 is 2.05 bits per heavy atom. The van der Waals surface area contributed by atoms with Gasteiger partial charge in [0.05, 0.1) is 0 Å². The largest absolute Gasteiger partial charge is 0.381 e. The molecule has 1 N–H and O–H groups in total. The maximum Gasteiger partial charge on any atom is 0.0495 e. The van der Waals surface area contributed by atoms with Gasteiger partial charge in [0.25, 0.3) is 0 Å². The quantitative estimate of drug-likeness (QED) is 0.759. The van der Waals surface area contributed by atoms with Gasteiger partial charge in [0, 0.05) is 19.8 Å². The highest BCUT2D eigenvalue weighted by atomic mass is 16.5. The lowest BCUT2D eigenvalue weighted by Crippen LogP contribution is -2.26. The molecule has 2 atom stereocenters. The van der Waals surface area contributed by atoms with Gasteiger partial charge in [0.1, 0.15) is 0 Å². The fraction of sp³-hybridized carbons (Fsp3) is 0.647. The van der Waals surface area contributed by atoms with E-state index in [1.54, 1.807) is 0 Å². The third-order valence-corrected chi connectivity index (χ3v) is 4.15. The molecule has 0 aliphatic carbocycles. The molecule has 1 saturated heterocycles. The predicted octanol–water partition coefficient (Wildman–Crippen LogP) is 3.44. The van der Waals surface area contributed by atoms with Crippen LogP contribution in [0.4, 0.5) is 0 Å². The summed E-state index contributed by atoms with van der Waals surface area (Å²) in [4.78, 5) is 0. The van der Waals surface area contributed by atoms with Crippen LogP contribution in [0.5, 0.6) is 0 Å². The van der Waals surface area contributed by atoms with Crippen LogP contribution in [-0.2, 0) is 4.74 Å². The zero-order valence-corrected chi connectivity index (χ0v) is 12.3. The van der Waals surface area contributed by atoms with Gasteiger partial charge in [-0.15, -0.1) is 0 Å². The molecule has 1 aromatic carbocycles. The van der Waals surface area contributed by atoms with Crippen molar-refractivity contribution in [2.45, 2.75) is 32.6 Å². The summed E-state index contributed by atoms with van der Waals surface area (Å²) in [5.74, 6) is 2.06. The lowest BCUT2D eigenvalue weighted by atomic mass is 9.88. The fourth-order valence-corrected chi connectivity index (χ4v) is 2.81. The average molecular weight is 261 g/mol. The van der Waals surface area contributed by atoms with Crippen LogP contribution in [0.2, 0.25) is 0 Å². The van der Waals surface area contributed by atoms with Crippen molar-refractivity contribution in [1.82, 2.24) is 5.32 Å². The molecule has 2 rings (SSSR count). The van der Waals surface area contributed by atoms with Gasteiger partial charge < -0.3 is 10.1 Å². The van der Waals surface area contributed by atoms with Crippen LogP contribution < -0.4 is 5.32 Å². The molecule has 0 aromatic heterocycles. The van der Waals surface area contributed by atoms with Crippen molar-refractivity contribution < 1.29 is 4.74 Å². The van der Waals surface area contributed by atoms with E-state index in [4.69, 9.17) is 4.74 Å². The molecule has 2 heteroatoms. The monoisotopic (exact) mass is 261 g/mol. The van der Waals surface area contributed by atoms with E-state index in [1.807, 2.05) is 0 Å². The number of hydrogen-bond acceptors (Lipinski definition) is 2. The van der Waals surface area contributed by atoms with Crippen LogP contribution in [0.3, 0.4) is 0 Å². The third-order valence-electron chi connectivity index (χ3n) is 4.15. The smallest absolute Gasteiger partial charge is 0.0495 e. The van der Waals surface area contributed by atoms with Crippen molar-refractivity contribution in [3.63, 3.8) is 0 Å². The zero-order chi connectivity index (χ0) is 13.5. The summed E-state index contributed by atoms with van der Waals surface area (Å²) in [6.07, 6.45) is 2.49. The van der Waals surface area contributed by atoms with Gasteiger partial charge in [-0.2, -0.15) is 0 Å². The van der Waals surface area contributed by atoms with E-state index in [0.29, 0.717) is 11.8 Å². The topological polar surface area (TPSA) is 21.3 Å². The molecular formula is C17H27NO. The molecule has 0 saturated carbocycles. The number of hydrogen-bond donors (Lipinski definition) is 1. The number of nitrogens with one attached hydrogen (secondary N) is 1. The van der Waals surface area contributed by atoms with Crippen LogP contribution in [0.15, 0.2) is 30.3 Å². The van der Waals surface area contributed by atoms with Gasteiger partial charge in [0.15, 0.2) is 0 Å². The highest BCUT2D eigenvalue weighted by molar-refractivity contribution is 5.20. The SMILES string of the molecule is CC(C)C(CNCCC1CCOC1)c1ccccc1. The standard InChI is InChI=1S/C17H27NO/c1-14(2)17(16-6-4-3-5-7-16)12-18-10-8-15-9-11-19-13-15/h3-7,14-15,17-18H,8-13H2,1-2H3. The Kier molecular flexibility index (Phi) is 5.87.